The lowest BCUT2D eigenvalue weighted by Gasteiger charge is -2.32. The molecule has 0 unspecified atom stereocenters. The summed E-state index contributed by atoms with van der Waals surface area (Å²) in [5, 5.41) is 0. The second-order valence-electron chi connectivity index (χ2n) is 4.64. The fourth-order valence-electron chi connectivity index (χ4n) is 2.56. The first kappa shape index (κ1) is 12.5. The van der Waals surface area contributed by atoms with Crippen LogP contribution in [-0.2, 0) is 4.74 Å². The van der Waals surface area contributed by atoms with Gasteiger partial charge in [-0.1, -0.05) is 54.6 Å². The monoisotopic (exact) mass is 265 g/mol. The molecule has 1 aliphatic rings. The number of carbonyl (C=O) groups is 1. The molecule has 3 nitrogen and oxygen atoms in total. The van der Waals surface area contributed by atoms with E-state index in [1.54, 1.807) is 11.1 Å². The van der Waals surface area contributed by atoms with Crippen LogP contribution < -0.4 is 0 Å². The summed E-state index contributed by atoms with van der Waals surface area (Å²) < 4.78 is 4.89. The Kier molecular flexibility index (Phi) is 3.25. The highest BCUT2D eigenvalue weighted by Crippen LogP contribution is 2.35. The van der Waals surface area contributed by atoms with Crippen molar-refractivity contribution in [1.82, 2.24) is 4.90 Å². The van der Waals surface area contributed by atoms with Gasteiger partial charge in [-0.2, -0.15) is 0 Å². The molecule has 0 radical (unpaired) electrons. The van der Waals surface area contributed by atoms with Gasteiger partial charge in [-0.25, -0.2) is 4.79 Å². The normalized spacial score (nSPS) is 16.6. The molecular weight excluding hydrogens is 250 g/mol. The van der Waals surface area contributed by atoms with Crippen LogP contribution in [0.25, 0.3) is 6.08 Å². The van der Waals surface area contributed by atoms with Crippen molar-refractivity contribution in [3.8, 4) is 0 Å². The fraction of sp³-hybridized carbons (Fsp3) is 0.118. The summed E-state index contributed by atoms with van der Waals surface area (Å²) in [7, 11) is 1.40. The van der Waals surface area contributed by atoms with Crippen molar-refractivity contribution in [2.75, 3.05) is 7.11 Å². The molecule has 1 atom stereocenters. The number of benzene rings is 2. The van der Waals surface area contributed by atoms with E-state index in [1.165, 1.54) is 7.11 Å². The van der Waals surface area contributed by atoms with E-state index in [-0.39, 0.29) is 12.1 Å². The summed E-state index contributed by atoms with van der Waals surface area (Å²) >= 11 is 0. The molecular formula is C17H15NO2. The van der Waals surface area contributed by atoms with E-state index in [0.29, 0.717) is 0 Å². The summed E-state index contributed by atoms with van der Waals surface area (Å²) in [6.45, 7) is 0. The van der Waals surface area contributed by atoms with Crippen LogP contribution >= 0.6 is 0 Å². The number of amides is 1. The van der Waals surface area contributed by atoms with Crippen LogP contribution in [0.1, 0.15) is 22.7 Å². The van der Waals surface area contributed by atoms with Crippen LogP contribution in [0.2, 0.25) is 0 Å². The minimum Gasteiger partial charge on any atom is -0.452 e. The summed E-state index contributed by atoms with van der Waals surface area (Å²) in [5.74, 6) is 0. The average Bonchev–Trinajstić information content (AvgIpc) is 2.53. The first-order valence-electron chi connectivity index (χ1n) is 6.49. The van der Waals surface area contributed by atoms with Gasteiger partial charge >= 0.3 is 6.09 Å². The molecule has 2 aromatic rings. The standard InChI is InChI=1S/C17H15NO2/c1-20-17(19)18-12-11-13-7-5-6-10-15(13)16(18)14-8-3-2-4-9-14/h2-12,16H,1H3/t16-/m0/s1. The minimum atomic E-state index is -0.357. The molecule has 0 aliphatic carbocycles. The average molecular weight is 265 g/mol. The molecule has 20 heavy (non-hydrogen) atoms. The fourth-order valence-corrected chi connectivity index (χ4v) is 2.56. The summed E-state index contributed by atoms with van der Waals surface area (Å²) in [4.78, 5) is 13.6. The molecule has 2 aromatic carbocycles. The van der Waals surface area contributed by atoms with Crippen LogP contribution in [0.5, 0.6) is 0 Å². The minimum absolute atomic E-state index is 0.148. The maximum Gasteiger partial charge on any atom is 0.414 e. The summed E-state index contributed by atoms with van der Waals surface area (Å²) in [6.07, 6.45) is 3.36. The third-order valence-corrected chi connectivity index (χ3v) is 3.48. The molecule has 1 amide bonds. The predicted octanol–water partition coefficient (Wildman–Crippen LogP) is 3.83. The SMILES string of the molecule is COC(=O)N1C=Cc2ccccc2[C@@H]1c1ccccc1. The first-order valence-corrected chi connectivity index (χ1v) is 6.49. The number of hydrogen-bond acceptors (Lipinski definition) is 2. The molecule has 100 valence electrons. The van der Waals surface area contributed by atoms with Gasteiger partial charge in [-0.3, -0.25) is 4.90 Å². The van der Waals surface area contributed by atoms with Crippen molar-refractivity contribution in [3.05, 3.63) is 77.5 Å². The molecule has 0 fully saturated rings. The Hall–Kier alpha value is -2.55. The zero-order chi connectivity index (χ0) is 13.9. The lowest BCUT2D eigenvalue weighted by molar-refractivity contribution is 0.131. The number of methoxy groups -OCH3 is 1. The van der Waals surface area contributed by atoms with E-state index in [2.05, 4.69) is 6.07 Å². The van der Waals surface area contributed by atoms with Gasteiger partial charge in [0.15, 0.2) is 0 Å². The number of rotatable bonds is 1. The lowest BCUT2D eigenvalue weighted by Crippen LogP contribution is -2.33. The molecule has 1 aliphatic heterocycles. The van der Waals surface area contributed by atoms with E-state index in [9.17, 15) is 4.79 Å². The number of ether oxygens (including phenoxy) is 1. The number of nitrogens with zero attached hydrogens (tertiary/aromatic N) is 1. The Morgan fingerprint density at radius 1 is 1.05 bits per heavy atom. The molecule has 0 N–H and O–H groups in total. The van der Waals surface area contributed by atoms with E-state index >= 15 is 0 Å². The molecule has 0 spiro atoms. The second kappa shape index (κ2) is 5.21. The molecule has 0 saturated carbocycles. The highest BCUT2D eigenvalue weighted by atomic mass is 16.5. The van der Waals surface area contributed by atoms with Gasteiger partial charge in [0, 0.05) is 6.20 Å². The molecule has 1 heterocycles. The van der Waals surface area contributed by atoms with Gasteiger partial charge in [0.1, 0.15) is 0 Å². The van der Waals surface area contributed by atoms with E-state index in [4.69, 9.17) is 4.74 Å². The van der Waals surface area contributed by atoms with Crippen LogP contribution in [0, 0.1) is 0 Å². The van der Waals surface area contributed by atoms with Gasteiger partial charge in [-0.05, 0) is 22.8 Å². The van der Waals surface area contributed by atoms with Crippen molar-refractivity contribution < 1.29 is 9.53 Å². The molecule has 0 bridgehead atoms. The van der Waals surface area contributed by atoms with Gasteiger partial charge < -0.3 is 4.74 Å². The van der Waals surface area contributed by atoms with E-state index < -0.39 is 0 Å². The van der Waals surface area contributed by atoms with Crippen molar-refractivity contribution >= 4 is 12.2 Å². The second-order valence-corrected chi connectivity index (χ2v) is 4.64. The Morgan fingerprint density at radius 3 is 2.50 bits per heavy atom. The third kappa shape index (κ3) is 2.07. The maximum absolute atomic E-state index is 12.0. The number of carbonyl (C=O) groups excluding carboxylic acids is 1. The van der Waals surface area contributed by atoms with Crippen molar-refractivity contribution in [3.63, 3.8) is 0 Å². The van der Waals surface area contributed by atoms with Gasteiger partial charge in [0.2, 0.25) is 0 Å². The summed E-state index contributed by atoms with van der Waals surface area (Å²) in [5.41, 5.74) is 3.29. The third-order valence-electron chi connectivity index (χ3n) is 3.48. The zero-order valence-corrected chi connectivity index (χ0v) is 11.2. The largest absolute Gasteiger partial charge is 0.452 e. The van der Waals surface area contributed by atoms with Crippen molar-refractivity contribution in [1.29, 1.82) is 0 Å². The molecule has 3 rings (SSSR count). The molecule has 0 aromatic heterocycles. The highest BCUT2D eigenvalue weighted by Gasteiger charge is 2.29. The topological polar surface area (TPSA) is 29.5 Å². The number of fused-ring (bicyclic) bond motifs is 1. The predicted molar refractivity (Wildman–Crippen MR) is 78.0 cm³/mol. The Bertz CT molecular complexity index is 649. The van der Waals surface area contributed by atoms with Gasteiger partial charge in [0.05, 0.1) is 13.2 Å². The van der Waals surface area contributed by atoms with Crippen molar-refractivity contribution in [2.24, 2.45) is 0 Å². The van der Waals surface area contributed by atoms with Crippen LogP contribution in [-0.4, -0.2) is 18.1 Å². The maximum atomic E-state index is 12.0. The van der Waals surface area contributed by atoms with Crippen LogP contribution in [0.3, 0.4) is 0 Å². The quantitative estimate of drug-likeness (QED) is 0.784. The molecule has 3 heteroatoms. The smallest absolute Gasteiger partial charge is 0.414 e. The van der Waals surface area contributed by atoms with Gasteiger partial charge in [-0.15, -0.1) is 0 Å². The van der Waals surface area contributed by atoms with Crippen molar-refractivity contribution in [2.45, 2.75) is 6.04 Å². The van der Waals surface area contributed by atoms with E-state index in [1.807, 2.05) is 54.6 Å². The highest BCUT2D eigenvalue weighted by molar-refractivity contribution is 5.74. The van der Waals surface area contributed by atoms with Crippen LogP contribution in [0.15, 0.2) is 60.8 Å². The lowest BCUT2D eigenvalue weighted by atomic mass is 9.91. The Labute approximate surface area is 118 Å². The zero-order valence-electron chi connectivity index (χ0n) is 11.2. The van der Waals surface area contributed by atoms with E-state index in [0.717, 1.165) is 16.7 Å². The Morgan fingerprint density at radius 2 is 1.75 bits per heavy atom. The molecule has 0 saturated heterocycles. The van der Waals surface area contributed by atoms with Crippen LogP contribution in [0.4, 0.5) is 4.79 Å². The van der Waals surface area contributed by atoms with Gasteiger partial charge in [0.25, 0.3) is 0 Å². The Balaban J connectivity index is 2.13. The summed E-state index contributed by atoms with van der Waals surface area (Å²) in [6, 6.07) is 17.9. The first-order chi connectivity index (χ1) is 9.81. The number of hydrogen-bond donors (Lipinski definition) is 0.